The number of hydrogen-bond acceptors (Lipinski definition) is 11. The second-order valence-corrected chi connectivity index (χ2v) is 7.47. The Kier molecular flexibility index (Phi) is 5.70. The van der Waals surface area contributed by atoms with E-state index in [-0.39, 0.29) is 17.5 Å². The molecule has 0 N–H and O–H groups in total. The van der Waals surface area contributed by atoms with E-state index < -0.39 is 53.3 Å². The number of ether oxygens (including phenoxy) is 4. The first-order valence-corrected chi connectivity index (χ1v) is 9.32. The Bertz CT molecular complexity index is 872. The fourth-order valence-corrected chi connectivity index (χ4v) is 4.32. The summed E-state index contributed by atoms with van der Waals surface area (Å²) < 4.78 is 23.2. The predicted molar refractivity (Wildman–Crippen MR) is 92.3 cm³/mol. The molecule has 3 rings (SSSR count). The molecule has 2 aliphatic heterocycles. The molecular formula is C16H19N3O8S. The number of carbonyl (C=O) groups is 3. The molecule has 0 aromatic carbocycles. The van der Waals surface area contributed by atoms with Gasteiger partial charge in [-0.05, 0) is 6.92 Å². The van der Waals surface area contributed by atoms with Crippen LogP contribution in [0.4, 0.5) is 0 Å². The number of nitrogens with zero attached hydrogens (tertiary/aromatic N) is 3. The topological polar surface area (TPSA) is 136 Å². The van der Waals surface area contributed by atoms with Gasteiger partial charge in [0.25, 0.3) is 5.56 Å². The minimum atomic E-state index is -1.02. The third kappa shape index (κ3) is 4.02. The van der Waals surface area contributed by atoms with Gasteiger partial charge in [0, 0.05) is 20.8 Å². The predicted octanol–water partition coefficient (Wildman–Crippen LogP) is -0.255. The molecule has 0 amide bonds. The molecule has 5 atom stereocenters. The van der Waals surface area contributed by atoms with Crippen molar-refractivity contribution in [3.05, 3.63) is 16.0 Å². The Morgan fingerprint density at radius 1 is 1.11 bits per heavy atom. The van der Waals surface area contributed by atoms with Crippen molar-refractivity contribution in [1.29, 1.82) is 0 Å². The summed E-state index contributed by atoms with van der Waals surface area (Å²) in [5, 5.41) is 3.93. The van der Waals surface area contributed by atoms with Crippen molar-refractivity contribution in [2.45, 2.75) is 62.6 Å². The monoisotopic (exact) mass is 413 g/mol. The number of esters is 3. The van der Waals surface area contributed by atoms with Crippen molar-refractivity contribution >= 4 is 29.7 Å². The smallest absolute Gasteiger partial charge is 0.303 e. The molecule has 12 heteroatoms. The van der Waals surface area contributed by atoms with Crippen molar-refractivity contribution in [2.24, 2.45) is 0 Å². The van der Waals surface area contributed by atoms with Crippen LogP contribution in [0.2, 0.25) is 0 Å². The lowest BCUT2D eigenvalue weighted by Crippen LogP contribution is -2.57. The zero-order valence-corrected chi connectivity index (χ0v) is 16.4. The zero-order chi connectivity index (χ0) is 20.6. The number of rotatable bonds is 4. The van der Waals surface area contributed by atoms with Crippen LogP contribution >= 0.6 is 11.8 Å². The maximum Gasteiger partial charge on any atom is 0.303 e. The molecule has 1 saturated heterocycles. The minimum absolute atomic E-state index is 0.177. The maximum absolute atomic E-state index is 11.8. The maximum atomic E-state index is 11.8. The average Bonchev–Trinajstić information content (AvgIpc) is 2.92. The molecule has 152 valence electrons. The number of aromatic nitrogens is 3. The van der Waals surface area contributed by atoms with Crippen LogP contribution < -0.4 is 5.56 Å². The Balaban J connectivity index is 2.00. The Morgan fingerprint density at radius 2 is 1.75 bits per heavy atom. The highest BCUT2D eigenvalue weighted by Crippen LogP contribution is 2.46. The van der Waals surface area contributed by atoms with Crippen molar-refractivity contribution < 1.29 is 33.3 Å². The highest BCUT2D eigenvalue weighted by atomic mass is 32.2. The van der Waals surface area contributed by atoms with Crippen molar-refractivity contribution in [3.8, 4) is 0 Å². The molecule has 11 nitrogen and oxygen atoms in total. The third-order valence-electron chi connectivity index (χ3n) is 4.11. The zero-order valence-electron chi connectivity index (χ0n) is 15.6. The fourth-order valence-electron chi connectivity index (χ4n) is 3.04. The summed E-state index contributed by atoms with van der Waals surface area (Å²) in [5.41, 5.74) is -0.300. The number of aryl methyl sites for hydroxylation is 1. The van der Waals surface area contributed by atoms with E-state index in [0.717, 1.165) is 11.8 Å². The van der Waals surface area contributed by atoms with Gasteiger partial charge in [-0.3, -0.25) is 19.2 Å². The van der Waals surface area contributed by atoms with E-state index >= 15 is 0 Å². The van der Waals surface area contributed by atoms with Crippen molar-refractivity contribution in [1.82, 2.24) is 14.8 Å². The first-order chi connectivity index (χ1) is 13.2. The van der Waals surface area contributed by atoms with Gasteiger partial charge in [-0.25, -0.2) is 4.68 Å². The molecule has 0 unspecified atom stereocenters. The highest BCUT2D eigenvalue weighted by Gasteiger charge is 2.55. The van der Waals surface area contributed by atoms with Gasteiger partial charge in [-0.15, -0.1) is 0 Å². The van der Waals surface area contributed by atoms with Gasteiger partial charge in [0.05, 0.1) is 0 Å². The van der Waals surface area contributed by atoms with Crippen molar-refractivity contribution in [2.75, 3.05) is 6.61 Å². The van der Waals surface area contributed by atoms with E-state index in [0.29, 0.717) is 0 Å². The second kappa shape index (κ2) is 7.87. The van der Waals surface area contributed by atoms with Crippen LogP contribution in [0.25, 0.3) is 0 Å². The quantitative estimate of drug-likeness (QED) is 0.477. The Hall–Kier alpha value is -2.47. The molecule has 2 aliphatic rings. The molecule has 1 aromatic heterocycles. The van der Waals surface area contributed by atoms with Crippen LogP contribution in [0.1, 0.15) is 32.7 Å². The molecule has 0 radical (unpaired) electrons. The standard InChI is InChI=1S/C16H19N3O8S/c1-6-14(23)17-16-19(18-6)15-13(28-16)12(26-9(4)22)11(25-8(3)21)10(27-15)5-24-7(2)20/h10-13,15H,5H2,1-4H3/t10-,11-,12+,13+,15-/m1/s1. The van der Waals surface area contributed by atoms with E-state index in [1.807, 2.05) is 0 Å². The lowest BCUT2D eigenvalue weighted by atomic mass is 9.99. The van der Waals surface area contributed by atoms with E-state index in [4.69, 9.17) is 18.9 Å². The molecule has 1 aromatic rings. The first kappa shape index (κ1) is 20.3. The Labute approximate surface area is 163 Å². The van der Waals surface area contributed by atoms with Crippen LogP contribution in [0.5, 0.6) is 0 Å². The average molecular weight is 413 g/mol. The molecule has 28 heavy (non-hydrogen) atoms. The van der Waals surface area contributed by atoms with Gasteiger partial charge in [-0.2, -0.15) is 10.1 Å². The molecule has 1 fully saturated rings. The van der Waals surface area contributed by atoms with Crippen LogP contribution in [-0.2, 0) is 33.3 Å². The van der Waals surface area contributed by atoms with Gasteiger partial charge in [0.2, 0.25) is 0 Å². The summed E-state index contributed by atoms with van der Waals surface area (Å²) in [6.07, 6.45) is -3.61. The number of fused-ring (bicyclic) bond motifs is 3. The van der Waals surface area contributed by atoms with E-state index in [9.17, 15) is 19.2 Å². The normalized spacial score (nSPS) is 28.1. The number of thioether (sulfide) groups is 1. The van der Waals surface area contributed by atoms with E-state index in [1.54, 1.807) is 0 Å². The van der Waals surface area contributed by atoms with Gasteiger partial charge >= 0.3 is 17.9 Å². The molecule has 0 bridgehead atoms. The second-order valence-electron chi connectivity index (χ2n) is 6.33. The van der Waals surface area contributed by atoms with Crippen LogP contribution in [0.15, 0.2) is 9.95 Å². The lowest BCUT2D eigenvalue weighted by Gasteiger charge is -2.41. The van der Waals surface area contributed by atoms with E-state index in [2.05, 4.69) is 10.1 Å². The van der Waals surface area contributed by atoms with Crippen LogP contribution in [0, 0.1) is 6.92 Å². The minimum Gasteiger partial charge on any atom is -0.463 e. The molecular weight excluding hydrogens is 394 g/mol. The van der Waals surface area contributed by atoms with Gasteiger partial charge in [0.15, 0.2) is 23.6 Å². The lowest BCUT2D eigenvalue weighted by molar-refractivity contribution is -0.225. The SMILES string of the molecule is CC(=O)OC[C@H]1O[C@@H]2[C@@H](Sc3nc(=O)c(C)nn32)[C@@H](OC(C)=O)[C@@H]1OC(C)=O. The first-order valence-electron chi connectivity index (χ1n) is 8.44. The summed E-state index contributed by atoms with van der Waals surface area (Å²) in [4.78, 5) is 50.4. The number of hydrogen-bond donors (Lipinski definition) is 0. The van der Waals surface area contributed by atoms with Crippen molar-refractivity contribution in [3.63, 3.8) is 0 Å². The summed E-state index contributed by atoms with van der Waals surface area (Å²) in [6, 6.07) is 0. The molecule has 0 saturated carbocycles. The Morgan fingerprint density at radius 3 is 2.36 bits per heavy atom. The van der Waals surface area contributed by atoms with Gasteiger partial charge in [-0.1, -0.05) is 11.8 Å². The number of carbonyl (C=O) groups excluding carboxylic acids is 3. The van der Waals surface area contributed by atoms with Gasteiger partial charge in [0.1, 0.15) is 23.7 Å². The van der Waals surface area contributed by atoms with Gasteiger partial charge < -0.3 is 18.9 Å². The largest absolute Gasteiger partial charge is 0.463 e. The summed E-state index contributed by atoms with van der Waals surface area (Å²) in [6.45, 7) is 4.97. The molecule has 3 heterocycles. The highest BCUT2D eigenvalue weighted by molar-refractivity contribution is 8.00. The van der Waals surface area contributed by atoms with Crippen LogP contribution in [0.3, 0.4) is 0 Å². The molecule has 0 spiro atoms. The summed E-state index contributed by atoms with van der Waals surface area (Å²) >= 11 is 1.14. The third-order valence-corrected chi connectivity index (χ3v) is 5.37. The summed E-state index contributed by atoms with van der Waals surface area (Å²) in [5.74, 6) is -1.74. The van der Waals surface area contributed by atoms with Crippen LogP contribution in [-0.4, -0.2) is 62.8 Å². The molecule has 0 aliphatic carbocycles. The summed E-state index contributed by atoms with van der Waals surface area (Å²) in [7, 11) is 0. The fraction of sp³-hybridized carbons (Fsp3) is 0.625. The van der Waals surface area contributed by atoms with E-state index in [1.165, 1.54) is 32.4 Å².